The van der Waals surface area contributed by atoms with E-state index in [1.54, 1.807) is 13.4 Å². The second kappa shape index (κ2) is 9.43. The summed E-state index contributed by atoms with van der Waals surface area (Å²) in [7, 11) is 1.65. The fourth-order valence-electron chi connectivity index (χ4n) is 3.70. The monoisotopic (exact) mass is 357 g/mol. The van der Waals surface area contributed by atoms with Crippen LogP contribution in [0.15, 0.2) is 47.1 Å². The van der Waals surface area contributed by atoms with Gasteiger partial charge in [0.15, 0.2) is 0 Å². The molecular formula is C21H27NO4. The van der Waals surface area contributed by atoms with Crippen molar-refractivity contribution in [1.29, 1.82) is 0 Å². The van der Waals surface area contributed by atoms with E-state index >= 15 is 0 Å². The van der Waals surface area contributed by atoms with E-state index in [0.29, 0.717) is 12.5 Å². The highest BCUT2D eigenvalue weighted by Crippen LogP contribution is 2.38. The quantitative estimate of drug-likeness (QED) is 0.538. The zero-order chi connectivity index (χ0) is 18.2. The number of hydrogen-bond donors (Lipinski definition) is 1. The van der Waals surface area contributed by atoms with E-state index in [1.807, 2.05) is 36.4 Å². The highest BCUT2D eigenvalue weighted by Gasteiger charge is 2.32. The Balaban J connectivity index is 1.54. The molecule has 1 N–H and O–H groups in total. The van der Waals surface area contributed by atoms with Crippen molar-refractivity contribution in [2.24, 2.45) is 5.92 Å². The molecule has 26 heavy (non-hydrogen) atoms. The molecule has 1 fully saturated rings. The minimum absolute atomic E-state index is 0.0555. The zero-order valence-electron chi connectivity index (χ0n) is 15.3. The SMILES string of the molecule is COc1ccc(C(C(=O)NOCCCc2ccco2)C2CCCC2)cc1. The first-order valence-corrected chi connectivity index (χ1v) is 9.36. The maximum atomic E-state index is 12.8. The average Bonchev–Trinajstić information content (AvgIpc) is 3.36. The lowest BCUT2D eigenvalue weighted by Gasteiger charge is -2.23. The van der Waals surface area contributed by atoms with Gasteiger partial charge in [-0.1, -0.05) is 25.0 Å². The summed E-state index contributed by atoms with van der Waals surface area (Å²) in [5.74, 6) is 1.87. The Bertz CT molecular complexity index is 660. The van der Waals surface area contributed by atoms with Gasteiger partial charge in [-0.2, -0.15) is 0 Å². The summed E-state index contributed by atoms with van der Waals surface area (Å²) in [6.07, 6.45) is 7.81. The topological polar surface area (TPSA) is 60.7 Å². The number of amides is 1. The lowest BCUT2D eigenvalue weighted by molar-refractivity contribution is -0.136. The molecule has 5 nitrogen and oxygen atoms in total. The molecule has 1 saturated carbocycles. The first kappa shape index (κ1) is 18.5. The molecule has 1 aromatic carbocycles. The minimum Gasteiger partial charge on any atom is -0.497 e. The van der Waals surface area contributed by atoms with Crippen LogP contribution in [0.5, 0.6) is 5.75 Å². The molecule has 140 valence electrons. The van der Waals surface area contributed by atoms with Gasteiger partial charge in [-0.3, -0.25) is 9.63 Å². The number of furan rings is 1. The van der Waals surface area contributed by atoms with Crippen molar-refractivity contribution in [3.8, 4) is 5.75 Å². The highest BCUT2D eigenvalue weighted by atomic mass is 16.6. The van der Waals surface area contributed by atoms with E-state index < -0.39 is 0 Å². The predicted octanol–water partition coefficient (Wildman–Crippen LogP) is 4.24. The maximum absolute atomic E-state index is 12.8. The Morgan fingerprint density at radius 2 is 2.00 bits per heavy atom. The van der Waals surface area contributed by atoms with E-state index in [1.165, 1.54) is 12.8 Å². The lowest BCUT2D eigenvalue weighted by Crippen LogP contribution is -2.33. The summed E-state index contributed by atoms with van der Waals surface area (Å²) >= 11 is 0. The third kappa shape index (κ3) is 4.88. The second-order valence-electron chi connectivity index (χ2n) is 6.79. The number of carbonyl (C=O) groups excluding carboxylic acids is 1. The van der Waals surface area contributed by atoms with Crippen molar-refractivity contribution >= 4 is 5.91 Å². The van der Waals surface area contributed by atoms with Gasteiger partial charge in [-0.25, -0.2) is 5.48 Å². The molecule has 1 aliphatic carbocycles. The number of nitrogens with one attached hydrogen (secondary N) is 1. The molecule has 3 rings (SSSR count). The van der Waals surface area contributed by atoms with Crippen molar-refractivity contribution in [2.45, 2.75) is 44.4 Å². The van der Waals surface area contributed by atoms with Crippen molar-refractivity contribution < 1.29 is 18.8 Å². The second-order valence-corrected chi connectivity index (χ2v) is 6.79. The molecule has 5 heteroatoms. The molecule has 0 saturated heterocycles. The Morgan fingerprint density at radius 1 is 1.23 bits per heavy atom. The number of hydrogen-bond acceptors (Lipinski definition) is 4. The summed E-state index contributed by atoms with van der Waals surface area (Å²) in [4.78, 5) is 18.2. The van der Waals surface area contributed by atoms with E-state index in [9.17, 15) is 4.79 Å². The summed E-state index contributed by atoms with van der Waals surface area (Å²) in [5.41, 5.74) is 3.69. The van der Waals surface area contributed by atoms with Crippen LogP contribution in [0.4, 0.5) is 0 Å². The zero-order valence-corrected chi connectivity index (χ0v) is 15.3. The van der Waals surface area contributed by atoms with E-state index in [0.717, 1.165) is 42.8 Å². The van der Waals surface area contributed by atoms with Gasteiger partial charge in [-0.05, 0) is 55.0 Å². The Labute approximate surface area is 154 Å². The first-order valence-electron chi connectivity index (χ1n) is 9.36. The maximum Gasteiger partial charge on any atom is 0.251 e. The van der Waals surface area contributed by atoms with Gasteiger partial charge in [0.2, 0.25) is 0 Å². The number of aryl methyl sites for hydroxylation is 1. The van der Waals surface area contributed by atoms with E-state index in [2.05, 4.69) is 5.48 Å². The van der Waals surface area contributed by atoms with Crippen LogP contribution in [0, 0.1) is 5.92 Å². The summed E-state index contributed by atoms with van der Waals surface area (Å²) in [6, 6.07) is 11.6. The fraction of sp³-hybridized carbons (Fsp3) is 0.476. The molecule has 1 heterocycles. The minimum atomic E-state index is -0.173. The Hall–Kier alpha value is -2.27. The van der Waals surface area contributed by atoms with E-state index in [4.69, 9.17) is 14.0 Å². The number of methoxy groups -OCH3 is 1. The van der Waals surface area contributed by atoms with Crippen LogP contribution in [0.25, 0.3) is 0 Å². The van der Waals surface area contributed by atoms with Gasteiger partial charge in [-0.15, -0.1) is 0 Å². The predicted molar refractivity (Wildman–Crippen MR) is 98.8 cm³/mol. The van der Waals surface area contributed by atoms with Crippen molar-refractivity contribution in [3.63, 3.8) is 0 Å². The summed E-state index contributed by atoms with van der Waals surface area (Å²) in [6.45, 7) is 0.465. The largest absolute Gasteiger partial charge is 0.497 e. The lowest BCUT2D eigenvalue weighted by atomic mass is 9.84. The van der Waals surface area contributed by atoms with Crippen LogP contribution in [0.2, 0.25) is 0 Å². The fourth-order valence-corrected chi connectivity index (χ4v) is 3.70. The van der Waals surface area contributed by atoms with Gasteiger partial charge < -0.3 is 9.15 Å². The molecule has 0 bridgehead atoms. The average molecular weight is 357 g/mol. The molecule has 2 aromatic rings. The third-order valence-electron chi connectivity index (χ3n) is 5.05. The number of rotatable bonds is 9. The smallest absolute Gasteiger partial charge is 0.251 e. The highest BCUT2D eigenvalue weighted by molar-refractivity contribution is 5.83. The molecule has 1 atom stereocenters. The van der Waals surface area contributed by atoms with Gasteiger partial charge in [0.25, 0.3) is 5.91 Å². The molecule has 0 radical (unpaired) electrons. The van der Waals surface area contributed by atoms with Crippen LogP contribution >= 0.6 is 0 Å². The van der Waals surface area contributed by atoms with Crippen molar-refractivity contribution in [2.75, 3.05) is 13.7 Å². The molecule has 1 unspecified atom stereocenters. The van der Waals surface area contributed by atoms with Crippen LogP contribution in [0.3, 0.4) is 0 Å². The Kier molecular flexibility index (Phi) is 6.72. The van der Waals surface area contributed by atoms with Gasteiger partial charge in [0, 0.05) is 6.42 Å². The Morgan fingerprint density at radius 3 is 2.65 bits per heavy atom. The standard InChI is InChI=1S/C21H27NO4/c1-24-18-12-10-17(11-13-18)20(16-6-2-3-7-16)21(23)22-26-15-5-9-19-8-4-14-25-19/h4,8,10-14,16,20H,2-3,5-7,9,15H2,1H3,(H,22,23). The van der Waals surface area contributed by atoms with Crippen molar-refractivity contribution in [3.05, 3.63) is 54.0 Å². The number of benzene rings is 1. The van der Waals surface area contributed by atoms with Crippen LogP contribution in [0.1, 0.15) is 49.3 Å². The van der Waals surface area contributed by atoms with Crippen molar-refractivity contribution in [1.82, 2.24) is 5.48 Å². The molecule has 0 spiro atoms. The van der Waals surface area contributed by atoms with Gasteiger partial charge in [0.1, 0.15) is 11.5 Å². The van der Waals surface area contributed by atoms with Crippen LogP contribution in [-0.4, -0.2) is 19.6 Å². The molecule has 0 aliphatic heterocycles. The third-order valence-corrected chi connectivity index (χ3v) is 5.05. The molecular weight excluding hydrogens is 330 g/mol. The van der Waals surface area contributed by atoms with Gasteiger partial charge >= 0.3 is 0 Å². The molecule has 1 aromatic heterocycles. The molecule has 1 amide bonds. The number of hydroxylamine groups is 1. The number of ether oxygens (including phenoxy) is 1. The number of carbonyl (C=O) groups is 1. The van der Waals surface area contributed by atoms with Crippen LogP contribution in [-0.2, 0) is 16.1 Å². The summed E-state index contributed by atoms with van der Waals surface area (Å²) < 4.78 is 10.5. The first-order chi connectivity index (χ1) is 12.8. The van der Waals surface area contributed by atoms with Crippen LogP contribution < -0.4 is 10.2 Å². The van der Waals surface area contributed by atoms with E-state index in [-0.39, 0.29) is 11.8 Å². The van der Waals surface area contributed by atoms with Gasteiger partial charge in [0.05, 0.1) is 25.9 Å². The molecule has 1 aliphatic rings. The summed E-state index contributed by atoms with van der Waals surface area (Å²) in [5, 5.41) is 0. The normalized spacial score (nSPS) is 15.7.